The van der Waals surface area contributed by atoms with Gasteiger partial charge in [0.1, 0.15) is 0 Å². The molecular weight excluding hydrogens is 236 g/mol. The lowest BCUT2D eigenvalue weighted by atomic mass is 10.3. The van der Waals surface area contributed by atoms with Crippen LogP contribution >= 0.6 is 0 Å². The van der Waals surface area contributed by atoms with E-state index in [1.807, 2.05) is 6.92 Å². The van der Waals surface area contributed by atoms with Crippen LogP contribution in [0.3, 0.4) is 0 Å². The van der Waals surface area contributed by atoms with Crippen LogP contribution in [0.5, 0.6) is 0 Å². The van der Waals surface area contributed by atoms with Gasteiger partial charge in [-0.3, -0.25) is 14.5 Å². The highest BCUT2D eigenvalue weighted by atomic mass is 16.5. The molecule has 104 valence electrons. The summed E-state index contributed by atoms with van der Waals surface area (Å²) in [5.41, 5.74) is 0. The van der Waals surface area contributed by atoms with Crippen LogP contribution in [-0.4, -0.2) is 74.2 Å². The molecule has 1 saturated heterocycles. The third-order valence-electron chi connectivity index (χ3n) is 2.70. The quantitative estimate of drug-likeness (QED) is 0.635. The smallest absolute Gasteiger partial charge is 0.320 e. The van der Waals surface area contributed by atoms with E-state index >= 15 is 0 Å². The lowest BCUT2D eigenvalue weighted by Gasteiger charge is -2.32. The minimum Gasteiger partial charge on any atom is -0.465 e. The molecule has 0 aromatic heterocycles. The average Bonchev–Trinajstić information content (AvgIpc) is 2.28. The van der Waals surface area contributed by atoms with E-state index in [2.05, 4.69) is 0 Å². The van der Waals surface area contributed by atoms with Gasteiger partial charge in [0, 0.05) is 13.1 Å². The highest BCUT2D eigenvalue weighted by Gasteiger charge is 2.22. The van der Waals surface area contributed by atoms with Crippen LogP contribution in [0, 0.1) is 0 Å². The first-order valence-corrected chi connectivity index (χ1v) is 6.26. The first kappa shape index (κ1) is 14.9. The summed E-state index contributed by atoms with van der Waals surface area (Å²) in [7, 11) is 1.73. The molecule has 18 heavy (non-hydrogen) atoms. The van der Waals surface area contributed by atoms with Gasteiger partial charge >= 0.3 is 5.97 Å². The molecule has 0 N–H and O–H groups in total. The fourth-order valence-corrected chi connectivity index (χ4v) is 1.86. The van der Waals surface area contributed by atoms with Gasteiger partial charge < -0.3 is 14.4 Å². The molecule has 6 heteroatoms. The van der Waals surface area contributed by atoms with E-state index in [0.717, 1.165) is 0 Å². The molecule has 1 aliphatic rings. The van der Waals surface area contributed by atoms with E-state index < -0.39 is 0 Å². The number of carbonyl (C=O) groups excluding carboxylic acids is 2. The van der Waals surface area contributed by atoms with Crippen LogP contribution in [-0.2, 0) is 19.1 Å². The Hall–Kier alpha value is -1.14. The summed E-state index contributed by atoms with van der Waals surface area (Å²) in [5.74, 6) is -0.278. The second-order valence-electron chi connectivity index (χ2n) is 4.50. The van der Waals surface area contributed by atoms with Crippen molar-refractivity contribution in [3.63, 3.8) is 0 Å². The Kier molecular flexibility index (Phi) is 6.07. The molecule has 0 aromatic rings. The van der Waals surface area contributed by atoms with E-state index in [1.54, 1.807) is 23.8 Å². The summed E-state index contributed by atoms with van der Waals surface area (Å²) < 4.78 is 10.2. The zero-order chi connectivity index (χ0) is 13.5. The minimum absolute atomic E-state index is 0.0250. The molecule has 1 rings (SSSR count). The fraction of sp³-hybridized carbons (Fsp3) is 0.833. The van der Waals surface area contributed by atoms with Crippen molar-refractivity contribution in [2.45, 2.75) is 20.0 Å². The number of hydrogen-bond donors (Lipinski definition) is 0. The van der Waals surface area contributed by atoms with Crippen LogP contribution in [0.15, 0.2) is 0 Å². The van der Waals surface area contributed by atoms with Gasteiger partial charge in [-0.05, 0) is 20.9 Å². The minimum atomic E-state index is -0.303. The monoisotopic (exact) mass is 258 g/mol. The van der Waals surface area contributed by atoms with Gasteiger partial charge in [-0.2, -0.15) is 0 Å². The van der Waals surface area contributed by atoms with Crippen LogP contribution < -0.4 is 0 Å². The van der Waals surface area contributed by atoms with Crippen molar-refractivity contribution in [2.75, 3.05) is 46.4 Å². The van der Waals surface area contributed by atoms with Gasteiger partial charge in [0.2, 0.25) is 5.91 Å². The molecule has 1 heterocycles. The first-order valence-electron chi connectivity index (χ1n) is 6.26. The molecule has 6 nitrogen and oxygen atoms in total. The Bertz CT molecular complexity index is 296. The second kappa shape index (κ2) is 7.33. The summed E-state index contributed by atoms with van der Waals surface area (Å²) >= 11 is 0. The number of likely N-dealkylation sites (N-methyl/N-ethyl adjacent to an activating group) is 1. The third-order valence-corrected chi connectivity index (χ3v) is 2.70. The zero-order valence-corrected chi connectivity index (χ0v) is 11.3. The third kappa shape index (κ3) is 5.01. The Labute approximate surface area is 108 Å². The number of hydrogen-bond acceptors (Lipinski definition) is 5. The second-order valence-corrected chi connectivity index (χ2v) is 4.50. The van der Waals surface area contributed by atoms with E-state index in [1.165, 1.54) is 0 Å². The largest absolute Gasteiger partial charge is 0.465 e. The van der Waals surface area contributed by atoms with Crippen molar-refractivity contribution in [1.82, 2.24) is 9.80 Å². The van der Waals surface area contributed by atoms with Crippen molar-refractivity contribution in [3.05, 3.63) is 0 Å². The highest BCUT2D eigenvalue weighted by molar-refractivity contribution is 5.79. The predicted molar refractivity (Wildman–Crippen MR) is 66.1 cm³/mol. The summed E-state index contributed by atoms with van der Waals surface area (Å²) in [5, 5.41) is 0. The van der Waals surface area contributed by atoms with E-state index in [4.69, 9.17) is 9.47 Å². The molecular formula is C12H22N2O4. The molecule has 1 unspecified atom stereocenters. The van der Waals surface area contributed by atoms with Gasteiger partial charge in [-0.1, -0.05) is 0 Å². The van der Waals surface area contributed by atoms with Crippen molar-refractivity contribution in [1.29, 1.82) is 0 Å². The summed E-state index contributed by atoms with van der Waals surface area (Å²) in [6.07, 6.45) is 0.0815. The maximum Gasteiger partial charge on any atom is 0.320 e. The molecule has 1 fully saturated rings. The number of rotatable bonds is 5. The van der Waals surface area contributed by atoms with Gasteiger partial charge in [0.05, 0.1) is 32.4 Å². The van der Waals surface area contributed by atoms with E-state index in [-0.39, 0.29) is 31.1 Å². The van der Waals surface area contributed by atoms with Crippen LogP contribution in [0.4, 0.5) is 0 Å². The molecule has 0 bridgehead atoms. The molecule has 0 saturated carbocycles. The maximum atomic E-state index is 12.0. The Balaban J connectivity index is 2.32. The molecule has 0 radical (unpaired) electrons. The van der Waals surface area contributed by atoms with Crippen molar-refractivity contribution < 1.29 is 19.1 Å². The molecule has 1 aliphatic heterocycles. The maximum absolute atomic E-state index is 12.0. The lowest BCUT2D eigenvalue weighted by molar-refractivity contribution is -0.145. The SMILES string of the molecule is CCOC(=O)CN(C)CC(=O)N1CCOC(C)C1. The van der Waals surface area contributed by atoms with Crippen LogP contribution in [0.25, 0.3) is 0 Å². The van der Waals surface area contributed by atoms with Crippen molar-refractivity contribution in [3.8, 4) is 0 Å². The summed E-state index contributed by atoms with van der Waals surface area (Å²) in [6, 6.07) is 0. The van der Waals surface area contributed by atoms with Crippen LogP contribution in [0.2, 0.25) is 0 Å². The van der Waals surface area contributed by atoms with Gasteiger partial charge in [0.15, 0.2) is 0 Å². The predicted octanol–water partition coefficient (Wildman–Crippen LogP) is -0.271. The Morgan fingerprint density at radius 3 is 2.78 bits per heavy atom. The molecule has 0 spiro atoms. The zero-order valence-electron chi connectivity index (χ0n) is 11.3. The number of amides is 1. The Morgan fingerprint density at radius 1 is 1.44 bits per heavy atom. The van der Waals surface area contributed by atoms with E-state index in [0.29, 0.717) is 26.3 Å². The number of esters is 1. The summed E-state index contributed by atoms with van der Waals surface area (Å²) in [6.45, 7) is 6.25. The fourth-order valence-electron chi connectivity index (χ4n) is 1.86. The summed E-state index contributed by atoms with van der Waals surface area (Å²) in [4.78, 5) is 26.7. The van der Waals surface area contributed by atoms with Gasteiger partial charge in [-0.15, -0.1) is 0 Å². The number of carbonyl (C=O) groups is 2. The molecule has 1 amide bonds. The standard InChI is InChI=1S/C12H22N2O4/c1-4-17-12(16)9-13(3)8-11(15)14-5-6-18-10(2)7-14/h10H,4-9H2,1-3H3. The van der Waals surface area contributed by atoms with Gasteiger partial charge in [-0.25, -0.2) is 0 Å². The highest BCUT2D eigenvalue weighted by Crippen LogP contribution is 2.05. The molecule has 0 aliphatic carbocycles. The number of ether oxygens (including phenoxy) is 2. The topological polar surface area (TPSA) is 59.1 Å². The average molecular weight is 258 g/mol. The van der Waals surface area contributed by atoms with E-state index in [9.17, 15) is 9.59 Å². The lowest BCUT2D eigenvalue weighted by Crippen LogP contribution is -2.48. The van der Waals surface area contributed by atoms with Crippen LogP contribution in [0.1, 0.15) is 13.8 Å². The number of morpholine rings is 1. The van der Waals surface area contributed by atoms with Crippen molar-refractivity contribution >= 4 is 11.9 Å². The molecule has 1 atom stereocenters. The van der Waals surface area contributed by atoms with Gasteiger partial charge in [0.25, 0.3) is 0 Å². The number of nitrogens with zero attached hydrogens (tertiary/aromatic N) is 2. The Morgan fingerprint density at radius 2 is 2.17 bits per heavy atom. The van der Waals surface area contributed by atoms with Crippen molar-refractivity contribution in [2.24, 2.45) is 0 Å². The normalized spacial score (nSPS) is 20.0. The molecule has 0 aromatic carbocycles. The first-order chi connectivity index (χ1) is 8.52.